The molecule has 1 amide bonds. The highest BCUT2D eigenvalue weighted by molar-refractivity contribution is 5.99. The lowest BCUT2D eigenvalue weighted by Gasteiger charge is -2.04. The highest BCUT2D eigenvalue weighted by Crippen LogP contribution is 2.18. The van der Waals surface area contributed by atoms with E-state index in [2.05, 4.69) is 10.1 Å². The normalized spacial score (nSPS) is 9.26. The molecular weight excluding hydrogens is 254 g/mol. The van der Waals surface area contributed by atoms with Gasteiger partial charge in [0.05, 0.1) is 23.7 Å². The summed E-state index contributed by atoms with van der Waals surface area (Å²) >= 11 is 0. The van der Waals surface area contributed by atoms with E-state index < -0.39 is 22.5 Å². The van der Waals surface area contributed by atoms with Crippen molar-refractivity contribution in [3.8, 4) is 6.07 Å². The molecule has 19 heavy (non-hydrogen) atoms. The molecule has 8 nitrogen and oxygen atoms in total. The van der Waals surface area contributed by atoms with E-state index in [1.165, 1.54) is 0 Å². The Kier molecular flexibility index (Phi) is 4.54. The Morgan fingerprint density at radius 2 is 2.05 bits per heavy atom. The number of nitro groups is 1. The standard InChI is InChI=1S/C11H9N3O5/c1-19-11(16)8-4-7(10(15)13-3-2-12)5-9(6-8)14(17)18/h4-6H,3H2,1H3,(H,13,15). The summed E-state index contributed by atoms with van der Waals surface area (Å²) in [6.07, 6.45) is 0. The van der Waals surface area contributed by atoms with Gasteiger partial charge in [-0.25, -0.2) is 4.79 Å². The second-order valence-corrected chi connectivity index (χ2v) is 3.36. The molecule has 0 aromatic heterocycles. The monoisotopic (exact) mass is 263 g/mol. The van der Waals surface area contributed by atoms with Gasteiger partial charge in [-0.3, -0.25) is 14.9 Å². The zero-order valence-electron chi connectivity index (χ0n) is 9.87. The van der Waals surface area contributed by atoms with Crippen LogP contribution in [0.5, 0.6) is 0 Å². The van der Waals surface area contributed by atoms with Crippen molar-refractivity contribution in [3.05, 3.63) is 39.4 Å². The van der Waals surface area contributed by atoms with Crippen LogP contribution in [-0.2, 0) is 4.74 Å². The summed E-state index contributed by atoms with van der Waals surface area (Å²) in [5, 5.41) is 21.3. The lowest BCUT2D eigenvalue weighted by Crippen LogP contribution is -2.24. The predicted molar refractivity (Wildman–Crippen MR) is 62.4 cm³/mol. The minimum Gasteiger partial charge on any atom is -0.465 e. The number of rotatable bonds is 4. The second kappa shape index (κ2) is 6.11. The van der Waals surface area contributed by atoms with E-state index in [0.717, 1.165) is 25.3 Å². The lowest BCUT2D eigenvalue weighted by atomic mass is 10.1. The first-order chi connectivity index (χ1) is 8.99. The van der Waals surface area contributed by atoms with Crippen molar-refractivity contribution in [3.63, 3.8) is 0 Å². The molecule has 0 fully saturated rings. The van der Waals surface area contributed by atoms with Crippen LogP contribution >= 0.6 is 0 Å². The molecule has 0 radical (unpaired) electrons. The van der Waals surface area contributed by atoms with Crippen molar-refractivity contribution in [2.24, 2.45) is 0 Å². The highest BCUT2D eigenvalue weighted by Gasteiger charge is 2.18. The van der Waals surface area contributed by atoms with Crippen LogP contribution in [0.1, 0.15) is 20.7 Å². The van der Waals surface area contributed by atoms with Crippen molar-refractivity contribution in [2.45, 2.75) is 0 Å². The number of carbonyl (C=O) groups excluding carboxylic acids is 2. The average Bonchev–Trinajstić information content (AvgIpc) is 2.43. The summed E-state index contributed by atoms with van der Waals surface area (Å²) in [7, 11) is 1.12. The average molecular weight is 263 g/mol. The summed E-state index contributed by atoms with van der Waals surface area (Å²) in [5.41, 5.74) is -0.617. The van der Waals surface area contributed by atoms with E-state index >= 15 is 0 Å². The molecule has 0 heterocycles. The van der Waals surface area contributed by atoms with Gasteiger partial charge in [-0.05, 0) is 6.07 Å². The summed E-state index contributed by atoms with van der Waals surface area (Å²) in [5.74, 6) is -1.48. The smallest absolute Gasteiger partial charge is 0.338 e. The van der Waals surface area contributed by atoms with E-state index in [9.17, 15) is 19.7 Å². The third kappa shape index (κ3) is 3.50. The van der Waals surface area contributed by atoms with E-state index in [4.69, 9.17) is 5.26 Å². The number of esters is 1. The number of hydrogen-bond donors (Lipinski definition) is 1. The molecule has 0 bridgehead atoms. The van der Waals surface area contributed by atoms with Gasteiger partial charge in [-0.1, -0.05) is 0 Å². The molecular formula is C11H9N3O5. The van der Waals surface area contributed by atoms with Crippen LogP contribution in [0.4, 0.5) is 5.69 Å². The van der Waals surface area contributed by atoms with Gasteiger partial charge < -0.3 is 10.1 Å². The number of hydrogen-bond acceptors (Lipinski definition) is 6. The summed E-state index contributed by atoms with van der Waals surface area (Å²) < 4.78 is 4.44. The van der Waals surface area contributed by atoms with Gasteiger partial charge in [-0.15, -0.1) is 0 Å². The van der Waals surface area contributed by atoms with Crippen LogP contribution < -0.4 is 5.32 Å². The number of carbonyl (C=O) groups is 2. The fourth-order valence-corrected chi connectivity index (χ4v) is 1.31. The largest absolute Gasteiger partial charge is 0.465 e. The van der Waals surface area contributed by atoms with Crippen molar-refractivity contribution in [1.29, 1.82) is 5.26 Å². The Labute approximate surface area is 107 Å². The topological polar surface area (TPSA) is 122 Å². The summed E-state index contributed by atoms with van der Waals surface area (Å²) in [6.45, 7) is -0.241. The first-order valence-corrected chi connectivity index (χ1v) is 5.02. The second-order valence-electron chi connectivity index (χ2n) is 3.36. The molecule has 0 saturated heterocycles. The Morgan fingerprint density at radius 3 is 2.58 bits per heavy atom. The molecule has 0 aliphatic rings. The zero-order valence-corrected chi connectivity index (χ0v) is 9.87. The van der Waals surface area contributed by atoms with Crippen LogP contribution in [0.2, 0.25) is 0 Å². The molecule has 1 N–H and O–H groups in total. The Bertz CT molecular complexity index is 576. The first kappa shape index (κ1) is 14.1. The minimum atomic E-state index is -0.793. The van der Waals surface area contributed by atoms with Crippen LogP contribution in [0.15, 0.2) is 18.2 Å². The molecule has 0 spiro atoms. The van der Waals surface area contributed by atoms with Gasteiger partial charge in [0.15, 0.2) is 0 Å². The quantitative estimate of drug-likeness (QED) is 0.368. The molecule has 0 unspecified atom stereocenters. The number of nitriles is 1. The van der Waals surface area contributed by atoms with Crippen molar-refractivity contribution >= 4 is 17.6 Å². The summed E-state index contributed by atoms with van der Waals surface area (Å²) in [4.78, 5) is 32.9. The maximum atomic E-state index is 11.6. The highest BCUT2D eigenvalue weighted by atomic mass is 16.6. The lowest BCUT2D eigenvalue weighted by molar-refractivity contribution is -0.384. The van der Waals surface area contributed by atoms with E-state index in [1.54, 1.807) is 6.07 Å². The van der Waals surface area contributed by atoms with Crippen LogP contribution in [0.25, 0.3) is 0 Å². The first-order valence-electron chi connectivity index (χ1n) is 5.02. The number of methoxy groups -OCH3 is 1. The van der Waals surface area contributed by atoms with Crippen LogP contribution in [-0.4, -0.2) is 30.5 Å². The van der Waals surface area contributed by atoms with Gasteiger partial charge in [0.2, 0.25) is 0 Å². The van der Waals surface area contributed by atoms with E-state index in [1.807, 2.05) is 0 Å². The molecule has 1 aromatic carbocycles. The van der Waals surface area contributed by atoms with Gasteiger partial charge in [0, 0.05) is 17.7 Å². The number of amides is 1. The van der Waals surface area contributed by atoms with E-state index in [0.29, 0.717) is 0 Å². The van der Waals surface area contributed by atoms with Gasteiger partial charge in [0.25, 0.3) is 11.6 Å². The fourth-order valence-electron chi connectivity index (χ4n) is 1.31. The molecule has 1 rings (SSSR count). The molecule has 0 aliphatic heterocycles. The number of non-ortho nitro benzene ring substituents is 1. The zero-order chi connectivity index (χ0) is 14.4. The number of ether oxygens (including phenoxy) is 1. The summed E-state index contributed by atoms with van der Waals surface area (Å²) in [6, 6.07) is 4.88. The Morgan fingerprint density at radius 1 is 1.42 bits per heavy atom. The van der Waals surface area contributed by atoms with Gasteiger partial charge in [0.1, 0.15) is 6.54 Å². The Balaban J connectivity index is 3.21. The minimum absolute atomic E-state index is 0.0927. The fraction of sp³-hybridized carbons (Fsp3) is 0.182. The van der Waals surface area contributed by atoms with Crippen molar-refractivity contribution in [2.75, 3.05) is 13.7 Å². The van der Waals surface area contributed by atoms with Crippen molar-refractivity contribution < 1.29 is 19.2 Å². The third-order valence-electron chi connectivity index (χ3n) is 2.14. The molecule has 98 valence electrons. The number of nitrogens with zero attached hydrogens (tertiary/aromatic N) is 2. The Hall–Kier alpha value is -2.95. The third-order valence-corrected chi connectivity index (χ3v) is 2.14. The SMILES string of the molecule is COC(=O)c1cc(C(=O)NCC#N)cc([N+](=O)[O-])c1. The van der Waals surface area contributed by atoms with E-state index in [-0.39, 0.29) is 17.7 Å². The molecule has 0 saturated carbocycles. The van der Waals surface area contributed by atoms with Crippen molar-refractivity contribution in [1.82, 2.24) is 5.32 Å². The van der Waals surface area contributed by atoms with Gasteiger partial charge >= 0.3 is 5.97 Å². The maximum Gasteiger partial charge on any atom is 0.338 e. The molecule has 0 atom stereocenters. The van der Waals surface area contributed by atoms with Crippen LogP contribution in [0, 0.1) is 21.4 Å². The maximum absolute atomic E-state index is 11.6. The van der Waals surface area contributed by atoms with Gasteiger partial charge in [-0.2, -0.15) is 5.26 Å². The number of benzene rings is 1. The molecule has 1 aromatic rings. The molecule has 8 heteroatoms. The number of nitro benzene ring substituents is 1. The molecule has 0 aliphatic carbocycles. The van der Waals surface area contributed by atoms with Crippen LogP contribution in [0.3, 0.4) is 0 Å². The number of nitrogens with one attached hydrogen (secondary N) is 1. The predicted octanol–water partition coefficient (Wildman–Crippen LogP) is 0.635.